The molecule has 0 fully saturated rings. The first-order chi connectivity index (χ1) is 10.3. The number of methoxy groups -OCH3 is 1. The topological polar surface area (TPSA) is 34.1 Å². The minimum absolute atomic E-state index is 0.871. The molecule has 0 atom stereocenters. The zero-order valence-corrected chi connectivity index (χ0v) is 13.7. The Morgan fingerprint density at radius 3 is 2.81 bits per heavy atom. The number of thioether (sulfide) groups is 1. The fraction of sp³-hybridized carbons (Fsp3) is 0.471. The van der Waals surface area contributed by atoms with Gasteiger partial charge in [-0.15, -0.1) is 0 Å². The number of unbranched alkanes of at least 4 members (excludes halogenated alkanes) is 3. The van der Waals surface area contributed by atoms with Crippen molar-refractivity contribution in [1.82, 2.24) is 4.98 Å². The summed E-state index contributed by atoms with van der Waals surface area (Å²) in [4.78, 5) is 4.46. The zero-order valence-electron chi connectivity index (χ0n) is 12.9. The normalized spacial score (nSPS) is 10.8. The van der Waals surface area contributed by atoms with Crippen LogP contribution in [-0.4, -0.2) is 30.6 Å². The highest BCUT2D eigenvalue weighted by Gasteiger charge is 2.03. The van der Waals surface area contributed by atoms with Crippen molar-refractivity contribution in [3.05, 3.63) is 30.5 Å². The van der Waals surface area contributed by atoms with Crippen molar-refractivity contribution in [2.45, 2.75) is 25.7 Å². The third-order valence-corrected chi connectivity index (χ3v) is 4.24. The minimum Gasteiger partial charge on any atom is -0.497 e. The Hall–Kier alpha value is -1.42. The summed E-state index contributed by atoms with van der Waals surface area (Å²) in [5, 5.41) is 5.77. The number of hydrogen-bond donors (Lipinski definition) is 1. The molecule has 1 N–H and O–H groups in total. The number of aromatic nitrogens is 1. The Morgan fingerprint density at radius 2 is 2.00 bits per heavy atom. The van der Waals surface area contributed by atoms with Crippen LogP contribution in [-0.2, 0) is 0 Å². The number of fused-ring (bicyclic) bond motifs is 1. The summed E-state index contributed by atoms with van der Waals surface area (Å²) in [5.41, 5.74) is 0. The van der Waals surface area contributed by atoms with E-state index in [4.69, 9.17) is 4.74 Å². The van der Waals surface area contributed by atoms with Crippen molar-refractivity contribution in [3.63, 3.8) is 0 Å². The molecule has 0 aliphatic carbocycles. The third kappa shape index (κ3) is 4.81. The molecule has 0 spiro atoms. The van der Waals surface area contributed by atoms with Crippen molar-refractivity contribution < 1.29 is 4.74 Å². The lowest BCUT2D eigenvalue weighted by molar-refractivity contribution is 0.415. The van der Waals surface area contributed by atoms with Crippen LogP contribution in [0, 0.1) is 0 Å². The fourth-order valence-electron chi connectivity index (χ4n) is 2.35. The molecule has 3 nitrogen and oxygen atoms in total. The Morgan fingerprint density at radius 1 is 1.14 bits per heavy atom. The summed E-state index contributed by atoms with van der Waals surface area (Å²) in [6.07, 6.45) is 9.14. The highest BCUT2D eigenvalue weighted by atomic mass is 32.2. The highest BCUT2D eigenvalue weighted by Crippen LogP contribution is 2.25. The average Bonchev–Trinajstić information content (AvgIpc) is 2.53. The van der Waals surface area contributed by atoms with E-state index >= 15 is 0 Å². The summed E-state index contributed by atoms with van der Waals surface area (Å²) in [5.74, 6) is 3.10. The van der Waals surface area contributed by atoms with Gasteiger partial charge < -0.3 is 10.1 Å². The molecule has 0 amide bonds. The van der Waals surface area contributed by atoms with Crippen LogP contribution in [0.15, 0.2) is 30.5 Å². The smallest absolute Gasteiger partial charge is 0.133 e. The SMILES string of the molecule is COc1ccc2ccnc(NCCCCCCSC)c2c1. The average molecular weight is 304 g/mol. The molecule has 0 aliphatic rings. The number of benzene rings is 1. The lowest BCUT2D eigenvalue weighted by atomic mass is 10.1. The first kappa shape index (κ1) is 16.0. The molecular formula is C17H24N2OS. The van der Waals surface area contributed by atoms with E-state index in [0.717, 1.165) is 23.5 Å². The van der Waals surface area contributed by atoms with E-state index in [2.05, 4.69) is 22.6 Å². The lowest BCUT2D eigenvalue weighted by Crippen LogP contribution is -2.04. The van der Waals surface area contributed by atoms with E-state index < -0.39 is 0 Å². The molecule has 1 heterocycles. The van der Waals surface area contributed by atoms with Crippen LogP contribution in [0.2, 0.25) is 0 Å². The van der Waals surface area contributed by atoms with Crippen LogP contribution in [0.3, 0.4) is 0 Å². The van der Waals surface area contributed by atoms with Gasteiger partial charge in [0.2, 0.25) is 0 Å². The van der Waals surface area contributed by atoms with E-state index in [1.807, 2.05) is 36.2 Å². The lowest BCUT2D eigenvalue weighted by Gasteiger charge is -2.10. The predicted octanol–water partition coefficient (Wildman–Crippen LogP) is 4.58. The van der Waals surface area contributed by atoms with Crippen LogP contribution >= 0.6 is 11.8 Å². The first-order valence-corrected chi connectivity index (χ1v) is 8.90. The van der Waals surface area contributed by atoms with E-state index in [1.165, 1.54) is 36.8 Å². The van der Waals surface area contributed by atoms with Crippen molar-refractivity contribution >= 4 is 28.4 Å². The second-order valence-corrected chi connectivity index (χ2v) is 6.07. The number of ether oxygens (including phenoxy) is 1. The number of pyridine rings is 1. The monoisotopic (exact) mass is 304 g/mol. The van der Waals surface area contributed by atoms with Gasteiger partial charge in [-0.2, -0.15) is 11.8 Å². The second kappa shape index (κ2) is 8.78. The van der Waals surface area contributed by atoms with E-state index in [1.54, 1.807) is 7.11 Å². The van der Waals surface area contributed by atoms with Crippen LogP contribution in [0.25, 0.3) is 10.8 Å². The van der Waals surface area contributed by atoms with Gasteiger partial charge in [0.25, 0.3) is 0 Å². The van der Waals surface area contributed by atoms with Gasteiger partial charge in [-0.05, 0) is 48.4 Å². The van der Waals surface area contributed by atoms with Gasteiger partial charge >= 0.3 is 0 Å². The second-order valence-electron chi connectivity index (χ2n) is 5.08. The number of nitrogens with one attached hydrogen (secondary N) is 1. The predicted molar refractivity (Wildman–Crippen MR) is 93.6 cm³/mol. The molecule has 1 aromatic carbocycles. The zero-order chi connectivity index (χ0) is 14.9. The summed E-state index contributed by atoms with van der Waals surface area (Å²) in [6.45, 7) is 0.975. The molecule has 2 rings (SSSR count). The van der Waals surface area contributed by atoms with Gasteiger partial charge in [-0.3, -0.25) is 0 Å². The van der Waals surface area contributed by atoms with Crippen molar-refractivity contribution in [2.24, 2.45) is 0 Å². The van der Waals surface area contributed by atoms with Gasteiger partial charge in [0.05, 0.1) is 7.11 Å². The maximum Gasteiger partial charge on any atom is 0.133 e. The molecule has 1 aromatic heterocycles. The van der Waals surface area contributed by atoms with Gasteiger partial charge in [0, 0.05) is 18.1 Å². The van der Waals surface area contributed by atoms with Crippen molar-refractivity contribution in [3.8, 4) is 5.75 Å². The van der Waals surface area contributed by atoms with Crippen LogP contribution < -0.4 is 10.1 Å². The Kier molecular flexibility index (Phi) is 6.67. The molecule has 114 valence electrons. The summed E-state index contributed by atoms with van der Waals surface area (Å²) in [6, 6.07) is 8.13. The molecular weight excluding hydrogens is 280 g/mol. The fourth-order valence-corrected chi connectivity index (χ4v) is 2.84. The number of nitrogens with zero attached hydrogens (tertiary/aromatic N) is 1. The number of anilines is 1. The third-order valence-electron chi connectivity index (χ3n) is 3.54. The summed E-state index contributed by atoms with van der Waals surface area (Å²) in [7, 11) is 1.69. The van der Waals surface area contributed by atoms with Crippen molar-refractivity contribution in [1.29, 1.82) is 0 Å². The Bertz CT molecular complexity index is 559. The quantitative estimate of drug-likeness (QED) is 0.688. The molecule has 0 unspecified atom stereocenters. The van der Waals surface area contributed by atoms with E-state index in [9.17, 15) is 0 Å². The standard InChI is InChI=1S/C17H24N2OS/c1-20-15-8-7-14-9-11-19-17(16(14)13-15)18-10-5-3-4-6-12-21-2/h7-9,11,13H,3-6,10,12H2,1-2H3,(H,18,19). The van der Waals surface area contributed by atoms with Gasteiger partial charge in [0.1, 0.15) is 11.6 Å². The molecule has 0 bridgehead atoms. The molecule has 0 saturated carbocycles. The van der Waals surface area contributed by atoms with Crippen LogP contribution in [0.1, 0.15) is 25.7 Å². The molecule has 0 saturated heterocycles. The molecule has 0 radical (unpaired) electrons. The van der Waals surface area contributed by atoms with Gasteiger partial charge in [-0.25, -0.2) is 4.98 Å². The maximum atomic E-state index is 5.30. The van der Waals surface area contributed by atoms with Crippen molar-refractivity contribution in [2.75, 3.05) is 31.0 Å². The molecule has 2 aromatic rings. The van der Waals surface area contributed by atoms with E-state index in [0.29, 0.717) is 0 Å². The Labute approximate surface area is 131 Å². The first-order valence-electron chi connectivity index (χ1n) is 7.50. The van der Waals surface area contributed by atoms with E-state index in [-0.39, 0.29) is 0 Å². The van der Waals surface area contributed by atoms with Crippen LogP contribution in [0.5, 0.6) is 5.75 Å². The largest absolute Gasteiger partial charge is 0.497 e. The van der Waals surface area contributed by atoms with Gasteiger partial charge in [0.15, 0.2) is 0 Å². The molecule has 0 aliphatic heterocycles. The number of hydrogen-bond acceptors (Lipinski definition) is 4. The highest BCUT2D eigenvalue weighted by molar-refractivity contribution is 7.98. The number of rotatable bonds is 9. The minimum atomic E-state index is 0.871. The van der Waals surface area contributed by atoms with Crippen LogP contribution in [0.4, 0.5) is 5.82 Å². The summed E-state index contributed by atoms with van der Waals surface area (Å²) < 4.78 is 5.30. The molecule has 4 heteroatoms. The maximum absolute atomic E-state index is 5.30. The van der Waals surface area contributed by atoms with Gasteiger partial charge in [-0.1, -0.05) is 18.9 Å². The molecule has 21 heavy (non-hydrogen) atoms. The Balaban J connectivity index is 1.89. The summed E-state index contributed by atoms with van der Waals surface area (Å²) >= 11 is 1.93.